The number of aromatic nitrogens is 1. The van der Waals surface area contributed by atoms with E-state index in [9.17, 15) is 13.5 Å². The number of pyridine rings is 1. The topological polar surface area (TPSA) is 92.2 Å². The summed E-state index contributed by atoms with van der Waals surface area (Å²) in [5, 5.41) is 9.85. The van der Waals surface area contributed by atoms with E-state index in [0.29, 0.717) is 23.8 Å². The van der Waals surface area contributed by atoms with Gasteiger partial charge in [-0.25, -0.2) is 8.42 Å². The molecule has 1 N–H and O–H groups in total. The summed E-state index contributed by atoms with van der Waals surface area (Å²) >= 11 is 0. The number of aliphatic hydroxyl groups excluding tert-OH is 1. The third-order valence-corrected chi connectivity index (χ3v) is 9.10. The quantitative estimate of drug-likeness (QED) is 0.578. The number of ether oxygens (including phenoxy) is 2. The molecule has 0 amide bonds. The monoisotopic (exact) mass is 527 g/mol. The van der Waals surface area contributed by atoms with Gasteiger partial charge >= 0.3 is 0 Å². The zero-order valence-corrected chi connectivity index (χ0v) is 22.7. The maximum atomic E-state index is 13.7. The molecule has 37 heavy (non-hydrogen) atoms. The standard InChI is InChI=1S/C28H37N3O5S/c1-21-17-31(22(2)20-32)37(33,34)28-9-8-23(6-7-24-5-4-12-29-16-24)15-26(28)36-27(21)19-30(3)18-25-10-13-35-14-11-25/h4-5,8-9,12,15-16,21-22,25,27,32H,10-11,13-14,17-20H2,1-3H3/t21-,22+,27-/m0/s1. The highest BCUT2D eigenvalue weighted by atomic mass is 32.2. The number of likely N-dealkylation sites (N-methyl/N-ethyl adjacent to an activating group) is 1. The number of nitrogens with zero attached hydrogens (tertiary/aromatic N) is 3. The van der Waals surface area contributed by atoms with E-state index in [2.05, 4.69) is 28.8 Å². The first-order valence-electron chi connectivity index (χ1n) is 12.9. The first-order valence-corrected chi connectivity index (χ1v) is 14.3. The van der Waals surface area contributed by atoms with E-state index < -0.39 is 16.1 Å². The molecule has 200 valence electrons. The largest absolute Gasteiger partial charge is 0.487 e. The molecular weight excluding hydrogens is 490 g/mol. The van der Waals surface area contributed by atoms with Gasteiger partial charge in [0.1, 0.15) is 16.7 Å². The van der Waals surface area contributed by atoms with Crippen LogP contribution in [0.3, 0.4) is 0 Å². The fourth-order valence-corrected chi connectivity index (χ4v) is 6.68. The van der Waals surface area contributed by atoms with Crippen molar-refractivity contribution >= 4 is 10.0 Å². The van der Waals surface area contributed by atoms with Crippen LogP contribution in [0.25, 0.3) is 0 Å². The molecule has 4 rings (SSSR count). The van der Waals surface area contributed by atoms with Crippen LogP contribution < -0.4 is 4.74 Å². The van der Waals surface area contributed by atoms with Gasteiger partial charge in [0.2, 0.25) is 10.0 Å². The first kappa shape index (κ1) is 27.6. The molecular formula is C28H37N3O5S. The van der Waals surface area contributed by atoms with Crippen LogP contribution in [0.1, 0.15) is 37.8 Å². The van der Waals surface area contributed by atoms with E-state index in [1.165, 1.54) is 4.31 Å². The van der Waals surface area contributed by atoms with Crippen LogP contribution in [0.15, 0.2) is 47.6 Å². The minimum absolute atomic E-state index is 0.0980. The lowest BCUT2D eigenvalue weighted by molar-refractivity contribution is 0.0402. The van der Waals surface area contributed by atoms with E-state index in [1.54, 1.807) is 37.5 Å². The first-order chi connectivity index (χ1) is 17.8. The average molecular weight is 528 g/mol. The smallest absolute Gasteiger partial charge is 0.247 e. The molecule has 2 aliphatic heterocycles. The third-order valence-electron chi connectivity index (χ3n) is 7.08. The Morgan fingerprint density at radius 1 is 1.19 bits per heavy atom. The minimum atomic E-state index is -3.88. The zero-order valence-electron chi connectivity index (χ0n) is 21.8. The Hall–Kier alpha value is -2.48. The zero-order chi connectivity index (χ0) is 26.4. The summed E-state index contributed by atoms with van der Waals surface area (Å²) < 4.78 is 40.7. The van der Waals surface area contributed by atoms with Crippen LogP contribution in [-0.2, 0) is 14.8 Å². The van der Waals surface area contributed by atoms with E-state index in [-0.39, 0.29) is 30.1 Å². The predicted molar refractivity (Wildman–Crippen MR) is 142 cm³/mol. The Morgan fingerprint density at radius 2 is 1.95 bits per heavy atom. The SMILES string of the molecule is C[C@H](CO)N1C[C@H](C)[C@H](CN(C)CC2CCOCC2)Oc2cc(C#Cc3cccnc3)ccc2S1(=O)=O. The van der Waals surface area contributed by atoms with Gasteiger partial charge < -0.3 is 19.5 Å². The molecule has 1 aromatic carbocycles. The summed E-state index contributed by atoms with van der Waals surface area (Å²) in [6.07, 6.45) is 5.23. The average Bonchev–Trinajstić information content (AvgIpc) is 2.90. The van der Waals surface area contributed by atoms with Crippen molar-refractivity contribution in [2.45, 2.75) is 43.7 Å². The molecule has 1 aromatic heterocycles. The lowest BCUT2D eigenvalue weighted by Gasteiger charge is -2.38. The highest BCUT2D eigenvalue weighted by Gasteiger charge is 2.38. The molecule has 0 unspecified atom stereocenters. The van der Waals surface area contributed by atoms with E-state index in [0.717, 1.165) is 38.2 Å². The molecule has 2 aliphatic rings. The minimum Gasteiger partial charge on any atom is -0.487 e. The summed E-state index contributed by atoms with van der Waals surface area (Å²) in [5.41, 5.74) is 1.43. The van der Waals surface area contributed by atoms with E-state index in [1.807, 2.05) is 19.1 Å². The number of sulfonamides is 1. The number of rotatable bonds is 6. The van der Waals surface area contributed by atoms with Crippen LogP contribution in [0.5, 0.6) is 5.75 Å². The summed E-state index contributed by atoms with van der Waals surface area (Å²) in [6, 6.07) is 8.11. The summed E-state index contributed by atoms with van der Waals surface area (Å²) in [4.78, 5) is 6.46. The van der Waals surface area contributed by atoms with Gasteiger partial charge in [0, 0.05) is 68.3 Å². The molecule has 0 bridgehead atoms. The Kier molecular flexibility index (Phi) is 9.22. The van der Waals surface area contributed by atoms with Crippen molar-refractivity contribution in [1.82, 2.24) is 14.2 Å². The summed E-state index contributed by atoms with van der Waals surface area (Å²) in [6.45, 7) is 6.95. The summed E-state index contributed by atoms with van der Waals surface area (Å²) in [7, 11) is -1.79. The van der Waals surface area contributed by atoms with Crippen molar-refractivity contribution in [1.29, 1.82) is 0 Å². The van der Waals surface area contributed by atoms with Gasteiger partial charge in [-0.15, -0.1) is 0 Å². The molecule has 0 spiro atoms. The molecule has 0 aliphatic carbocycles. The maximum absolute atomic E-state index is 13.7. The third kappa shape index (κ3) is 6.89. The second-order valence-corrected chi connectivity index (χ2v) is 12.0. The molecule has 2 aromatic rings. The van der Waals surface area contributed by atoms with Gasteiger partial charge in [-0.1, -0.05) is 18.8 Å². The second-order valence-electron chi connectivity index (χ2n) is 10.2. The van der Waals surface area contributed by atoms with Crippen molar-refractivity contribution in [2.75, 3.05) is 46.5 Å². The Labute approximate surface area is 220 Å². The molecule has 3 heterocycles. The normalized spacial score (nSPS) is 23.2. The number of fused-ring (bicyclic) bond motifs is 1. The second kappa shape index (κ2) is 12.4. The van der Waals surface area contributed by atoms with Crippen LogP contribution in [0.2, 0.25) is 0 Å². The molecule has 9 heteroatoms. The Balaban J connectivity index is 1.65. The van der Waals surface area contributed by atoms with Gasteiger partial charge in [0.15, 0.2) is 0 Å². The maximum Gasteiger partial charge on any atom is 0.247 e. The van der Waals surface area contributed by atoms with Gasteiger partial charge in [-0.3, -0.25) is 4.98 Å². The van der Waals surface area contributed by atoms with Crippen molar-refractivity contribution in [2.24, 2.45) is 11.8 Å². The van der Waals surface area contributed by atoms with Gasteiger partial charge in [-0.2, -0.15) is 4.31 Å². The van der Waals surface area contributed by atoms with Crippen LogP contribution in [0.4, 0.5) is 0 Å². The molecule has 3 atom stereocenters. The molecule has 0 saturated carbocycles. The highest BCUT2D eigenvalue weighted by Crippen LogP contribution is 2.34. The van der Waals surface area contributed by atoms with Crippen molar-refractivity contribution in [3.8, 4) is 17.6 Å². The van der Waals surface area contributed by atoms with Gasteiger partial charge in [-0.05, 0) is 63.1 Å². The van der Waals surface area contributed by atoms with Crippen LogP contribution in [-0.4, -0.2) is 86.4 Å². The Bertz CT molecular complexity index is 1210. The van der Waals surface area contributed by atoms with E-state index >= 15 is 0 Å². The number of benzene rings is 1. The number of aliphatic hydroxyl groups is 1. The van der Waals surface area contributed by atoms with Crippen LogP contribution >= 0.6 is 0 Å². The lowest BCUT2D eigenvalue weighted by Crippen LogP contribution is -2.50. The molecule has 1 fully saturated rings. The summed E-state index contributed by atoms with van der Waals surface area (Å²) in [5.74, 6) is 6.95. The van der Waals surface area contributed by atoms with Crippen molar-refractivity contribution in [3.05, 3.63) is 53.9 Å². The molecule has 0 radical (unpaired) electrons. The van der Waals surface area contributed by atoms with E-state index in [4.69, 9.17) is 9.47 Å². The predicted octanol–water partition coefficient (Wildman–Crippen LogP) is 2.61. The van der Waals surface area contributed by atoms with Crippen LogP contribution in [0, 0.1) is 23.7 Å². The Morgan fingerprint density at radius 3 is 2.65 bits per heavy atom. The highest BCUT2D eigenvalue weighted by molar-refractivity contribution is 7.89. The fourth-order valence-electron chi connectivity index (χ4n) is 4.85. The fraction of sp³-hybridized carbons (Fsp3) is 0.536. The number of hydrogen-bond donors (Lipinski definition) is 1. The molecule has 8 nitrogen and oxygen atoms in total. The van der Waals surface area contributed by atoms with Crippen molar-refractivity contribution < 1.29 is 23.0 Å². The molecule has 1 saturated heterocycles. The van der Waals surface area contributed by atoms with Gasteiger partial charge in [0.05, 0.1) is 6.61 Å². The van der Waals surface area contributed by atoms with Crippen molar-refractivity contribution in [3.63, 3.8) is 0 Å². The van der Waals surface area contributed by atoms with Gasteiger partial charge in [0.25, 0.3) is 0 Å². The number of hydrogen-bond acceptors (Lipinski definition) is 7. The lowest BCUT2D eigenvalue weighted by atomic mass is 9.98.